The van der Waals surface area contributed by atoms with Crippen LogP contribution in [0.15, 0.2) is 69.3 Å². The van der Waals surface area contributed by atoms with Crippen LogP contribution in [0.2, 0.25) is 0 Å². The minimum Gasteiger partial charge on any atom is -0.507 e. The molecule has 0 spiro atoms. The number of thiazole rings is 1. The maximum absolute atomic E-state index is 14.1. The highest BCUT2D eigenvalue weighted by Crippen LogP contribution is 2.43. The molecule has 0 amide bonds. The van der Waals surface area contributed by atoms with Crippen molar-refractivity contribution in [3.63, 3.8) is 0 Å². The largest absolute Gasteiger partial charge is 0.507 e. The van der Waals surface area contributed by atoms with Gasteiger partial charge in [-0.05, 0) is 70.0 Å². The van der Waals surface area contributed by atoms with E-state index in [4.69, 9.17) is 4.99 Å². The number of allylic oxidation sites excluding steroid dienone is 1. The number of phenolic OH excluding ortho intramolecular Hbond substituents is 1. The van der Waals surface area contributed by atoms with E-state index < -0.39 is 0 Å². The number of rotatable bonds is 2. The number of phenols is 1. The lowest BCUT2D eigenvalue weighted by molar-refractivity contribution is 0.423. The monoisotopic (exact) mass is 554 g/mol. The lowest BCUT2D eigenvalue weighted by Gasteiger charge is -2.30. The molecule has 6 rings (SSSR count). The van der Waals surface area contributed by atoms with Crippen LogP contribution in [0, 0.1) is 0 Å². The number of hydrogen-bond acceptors (Lipinski definition) is 5. The molecular formula is C33H34N2O2S2. The number of nitrogens with zero attached hydrogens (tertiary/aromatic N) is 2. The lowest BCUT2D eigenvalue weighted by Crippen LogP contribution is -2.38. The van der Waals surface area contributed by atoms with Crippen LogP contribution in [-0.4, -0.2) is 9.67 Å². The highest BCUT2D eigenvalue weighted by molar-refractivity contribution is 7.10. The molecule has 39 heavy (non-hydrogen) atoms. The summed E-state index contributed by atoms with van der Waals surface area (Å²) in [6.07, 6.45) is 3.83. The number of aromatic nitrogens is 1. The van der Waals surface area contributed by atoms with Gasteiger partial charge in [0, 0.05) is 21.6 Å². The summed E-state index contributed by atoms with van der Waals surface area (Å²) in [7, 11) is 0. The molecule has 2 aliphatic rings. The third-order valence-electron chi connectivity index (χ3n) is 7.73. The summed E-state index contributed by atoms with van der Waals surface area (Å²) in [6.45, 7) is 12.6. The Bertz CT molecular complexity index is 1770. The quantitative estimate of drug-likeness (QED) is 0.301. The van der Waals surface area contributed by atoms with E-state index >= 15 is 0 Å². The Hall–Kier alpha value is -3.22. The van der Waals surface area contributed by atoms with Crippen LogP contribution >= 0.6 is 22.7 Å². The molecule has 1 aliphatic carbocycles. The average Bonchev–Trinajstić information content (AvgIpc) is 3.51. The van der Waals surface area contributed by atoms with Crippen molar-refractivity contribution in [1.29, 1.82) is 0 Å². The molecule has 0 saturated heterocycles. The second-order valence-corrected chi connectivity index (χ2v) is 14.6. The van der Waals surface area contributed by atoms with Crippen molar-refractivity contribution >= 4 is 34.4 Å². The van der Waals surface area contributed by atoms with Gasteiger partial charge in [-0.15, -0.1) is 11.3 Å². The molecule has 1 N–H and O–H groups in total. The zero-order valence-corrected chi connectivity index (χ0v) is 25.0. The number of benzene rings is 2. The van der Waals surface area contributed by atoms with E-state index in [0.29, 0.717) is 10.3 Å². The molecule has 0 bridgehead atoms. The highest BCUT2D eigenvalue weighted by Gasteiger charge is 2.33. The van der Waals surface area contributed by atoms with E-state index in [1.165, 1.54) is 32.9 Å². The van der Waals surface area contributed by atoms with Crippen LogP contribution in [0.3, 0.4) is 0 Å². The van der Waals surface area contributed by atoms with Gasteiger partial charge in [-0.3, -0.25) is 9.36 Å². The number of thiophene rings is 1. The van der Waals surface area contributed by atoms with Gasteiger partial charge in [-0.25, -0.2) is 4.99 Å². The van der Waals surface area contributed by atoms with Crippen molar-refractivity contribution in [2.75, 3.05) is 0 Å². The second-order valence-electron chi connectivity index (χ2n) is 12.6. The number of aromatic hydroxyl groups is 1. The molecule has 4 aromatic rings. The van der Waals surface area contributed by atoms with Gasteiger partial charge in [0.05, 0.1) is 16.3 Å². The normalized spacial score (nSPS) is 17.5. The average molecular weight is 555 g/mol. The smallest absolute Gasteiger partial charge is 0.271 e. The van der Waals surface area contributed by atoms with E-state index in [9.17, 15) is 9.90 Å². The van der Waals surface area contributed by atoms with E-state index in [0.717, 1.165) is 40.0 Å². The van der Waals surface area contributed by atoms with Crippen molar-refractivity contribution < 1.29 is 5.11 Å². The molecule has 4 nitrogen and oxygen atoms in total. The Morgan fingerprint density at radius 3 is 2.31 bits per heavy atom. The van der Waals surface area contributed by atoms with Crippen molar-refractivity contribution in [3.8, 4) is 5.75 Å². The molecule has 6 heteroatoms. The third kappa shape index (κ3) is 4.44. The van der Waals surface area contributed by atoms with Crippen molar-refractivity contribution in [1.82, 2.24) is 4.57 Å². The zero-order valence-electron chi connectivity index (χ0n) is 23.3. The SMILES string of the molecule is CC(C)(C)c1cc(C=c2sc3n(c2=O)[C@H](c2cccs2)C2=C(N=3)c3ccccc3CC2)cc(C(C)(C)C)c1O. The van der Waals surface area contributed by atoms with Gasteiger partial charge < -0.3 is 5.11 Å². The first-order chi connectivity index (χ1) is 18.4. The summed E-state index contributed by atoms with van der Waals surface area (Å²) >= 11 is 3.15. The first kappa shape index (κ1) is 26.0. The Labute approximate surface area is 237 Å². The molecule has 2 aromatic heterocycles. The predicted octanol–water partition coefficient (Wildman–Crippen LogP) is 6.68. The van der Waals surface area contributed by atoms with Gasteiger partial charge in [0.25, 0.3) is 5.56 Å². The summed E-state index contributed by atoms with van der Waals surface area (Å²) in [4.78, 5) is 21.1. The summed E-state index contributed by atoms with van der Waals surface area (Å²) in [5, 5.41) is 13.3. The van der Waals surface area contributed by atoms with E-state index in [1.807, 2.05) is 22.8 Å². The summed E-state index contributed by atoms with van der Waals surface area (Å²) in [5.41, 5.74) is 6.96. The summed E-state index contributed by atoms with van der Waals surface area (Å²) in [5.74, 6) is 0.345. The van der Waals surface area contributed by atoms with Crippen LogP contribution in [0.25, 0.3) is 11.8 Å². The summed E-state index contributed by atoms with van der Waals surface area (Å²) in [6, 6.07) is 16.6. The fourth-order valence-corrected chi connectivity index (χ4v) is 7.60. The van der Waals surface area contributed by atoms with Gasteiger partial charge >= 0.3 is 0 Å². The highest BCUT2D eigenvalue weighted by atomic mass is 32.1. The minimum absolute atomic E-state index is 0.00903. The molecule has 3 heterocycles. The minimum atomic E-state index is -0.242. The first-order valence-corrected chi connectivity index (χ1v) is 15.2. The Morgan fingerprint density at radius 2 is 1.67 bits per heavy atom. The number of aryl methyl sites for hydroxylation is 1. The second kappa shape index (κ2) is 9.17. The van der Waals surface area contributed by atoms with Gasteiger partial charge in [0.2, 0.25) is 0 Å². The standard InChI is InChI=1S/C33H34N2O2S2/c1-32(2,3)23-16-19(17-24(29(23)36)33(4,5)6)18-26-30(37)35-28(25-12-9-15-38-25)22-14-13-20-10-7-8-11-21(20)27(22)34-31(35)39-26/h7-12,15-18,28,36H,13-14H2,1-6H3/t28-/m0/s1. The van der Waals surface area contributed by atoms with Crippen molar-refractivity contribution in [2.24, 2.45) is 4.99 Å². The molecule has 0 unspecified atom stereocenters. The molecule has 2 aromatic carbocycles. The first-order valence-electron chi connectivity index (χ1n) is 13.5. The Morgan fingerprint density at radius 1 is 0.974 bits per heavy atom. The third-order valence-corrected chi connectivity index (χ3v) is 9.64. The molecule has 0 radical (unpaired) electrons. The van der Waals surface area contributed by atoms with Crippen molar-refractivity contribution in [2.45, 2.75) is 71.3 Å². The number of fused-ring (bicyclic) bond motifs is 3. The van der Waals surface area contributed by atoms with Gasteiger partial charge in [-0.2, -0.15) is 0 Å². The van der Waals surface area contributed by atoms with Gasteiger partial charge in [0.15, 0.2) is 4.80 Å². The maximum Gasteiger partial charge on any atom is 0.271 e. The number of hydrogen-bond donors (Lipinski definition) is 1. The fourth-order valence-electron chi connectivity index (χ4n) is 5.75. The van der Waals surface area contributed by atoms with Gasteiger partial charge in [0.1, 0.15) is 5.75 Å². The van der Waals surface area contributed by atoms with Crippen LogP contribution in [0.1, 0.15) is 86.7 Å². The molecule has 1 atom stereocenters. The fraction of sp³-hybridized carbons (Fsp3) is 0.333. The van der Waals surface area contributed by atoms with E-state index in [1.54, 1.807) is 11.3 Å². The zero-order chi connectivity index (χ0) is 27.7. The Balaban J connectivity index is 1.60. The lowest BCUT2D eigenvalue weighted by atomic mass is 9.78. The van der Waals surface area contributed by atoms with Crippen LogP contribution < -0.4 is 14.9 Å². The van der Waals surface area contributed by atoms with Crippen LogP contribution in [0.5, 0.6) is 5.75 Å². The summed E-state index contributed by atoms with van der Waals surface area (Å²) < 4.78 is 2.57. The molecule has 0 fully saturated rings. The molecule has 0 saturated carbocycles. The van der Waals surface area contributed by atoms with Crippen LogP contribution in [-0.2, 0) is 17.3 Å². The molecule has 200 valence electrons. The predicted molar refractivity (Wildman–Crippen MR) is 163 cm³/mol. The van der Waals surface area contributed by atoms with Crippen molar-refractivity contribution in [3.05, 3.63) is 112 Å². The van der Waals surface area contributed by atoms with E-state index in [2.05, 4.69) is 83.3 Å². The maximum atomic E-state index is 14.1. The Kier molecular flexibility index (Phi) is 6.12. The topological polar surface area (TPSA) is 54.6 Å². The van der Waals surface area contributed by atoms with Gasteiger partial charge in [-0.1, -0.05) is 83.2 Å². The van der Waals surface area contributed by atoms with Crippen LogP contribution in [0.4, 0.5) is 0 Å². The van der Waals surface area contributed by atoms with E-state index in [-0.39, 0.29) is 22.4 Å². The molecule has 1 aliphatic heterocycles. The molecular weight excluding hydrogens is 521 g/mol.